The molecule has 2 heterocycles. The number of benzene rings is 2. The van der Waals surface area contributed by atoms with Gasteiger partial charge in [0, 0.05) is 36.7 Å². The quantitative estimate of drug-likeness (QED) is 0.325. The van der Waals surface area contributed by atoms with Crippen LogP contribution in [0.5, 0.6) is 17.2 Å². The molecule has 0 bridgehead atoms. The van der Waals surface area contributed by atoms with Crippen molar-refractivity contribution < 1.29 is 55.2 Å². The van der Waals surface area contributed by atoms with Crippen LogP contribution in [-0.4, -0.2) is 73.3 Å². The third-order valence-electron chi connectivity index (χ3n) is 6.26. The number of piperidine rings is 1. The SMILES string of the molecule is COc1cc2nc(N3CCC(CNC(=O)c4ccc(OC(F)(F)F)cc4)CC3)nc(N)c2cc1OC.O=C(O)C(F)(F)F. The molecule has 1 amide bonds. The van der Waals surface area contributed by atoms with Crippen molar-refractivity contribution in [1.29, 1.82) is 0 Å². The van der Waals surface area contributed by atoms with E-state index < -0.39 is 18.5 Å². The van der Waals surface area contributed by atoms with Crippen molar-refractivity contribution in [3.63, 3.8) is 0 Å². The summed E-state index contributed by atoms with van der Waals surface area (Å²) in [5.41, 5.74) is 7.10. The van der Waals surface area contributed by atoms with Crippen LogP contribution in [0.1, 0.15) is 23.2 Å². The van der Waals surface area contributed by atoms with Gasteiger partial charge in [0.25, 0.3) is 5.91 Å². The van der Waals surface area contributed by atoms with Gasteiger partial charge in [-0.1, -0.05) is 0 Å². The number of anilines is 2. The van der Waals surface area contributed by atoms with Crippen LogP contribution in [-0.2, 0) is 4.79 Å². The Balaban J connectivity index is 0.000000646. The Bertz CT molecular complexity index is 1430. The summed E-state index contributed by atoms with van der Waals surface area (Å²) in [7, 11) is 3.10. The summed E-state index contributed by atoms with van der Waals surface area (Å²) in [6.07, 6.45) is -8.26. The van der Waals surface area contributed by atoms with Crippen molar-refractivity contribution in [2.45, 2.75) is 25.4 Å². The average Bonchev–Trinajstić information content (AvgIpc) is 2.94. The Hall–Kier alpha value is -4.70. The minimum atomic E-state index is -5.08. The number of aliphatic carboxylic acids is 1. The predicted molar refractivity (Wildman–Crippen MR) is 141 cm³/mol. The lowest BCUT2D eigenvalue weighted by Gasteiger charge is -2.32. The molecule has 0 atom stereocenters. The summed E-state index contributed by atoms with van der Waals surface area (Å²) in [5, 5.41) is 10.6. The van der Waals surface area contributed by atoms with Gasteiger partial charge >= 0.3 is 18.5 Å². The third-order valence-corrected chi connectivity index (χ3v) is 6.26. The normalized spacial score (nSPS) is 14.0. The molecule has 0 radical (unpaired) electrons. The topological polar surface area (TPSA) is 149 Å². The van der Waals surface area contributed by atoms with E-state index in [1.165, 1.54) is 12.1 Å². The number of aromatic nitrogens is 2. The number of nitrogen functional groups attached to an aromatic ring is 1. The van der Waals surface area contributed by atoms with Gasteiger partial charge in [0.15, 0.2) is 11.5 Å². The molecule has 234 valence electrons. The smallest absolute Gasteiger partial charge is 0.493 e. The van der Waals surface area contributed by atoms with Gasteiger partial charge < -0.3 is 35.3 Å². The lowest BCUT2D eigenvalue weighted by Crippen LogP contribution is -2.39. The minimum absolute atomic E-state index is 0.236. The molecule has 2 aromatic carbocycles. The highest BCUT2D eigenvalue weighted by molar-refractivity contribution is 5.94. The molecule has 0 unspecified atom stereocenters. The van der Waals surface area contributed by atoms with Crippen LogP contribution in [0.25, 0.3) is 10.9 Å². The summed E-state index contributed by atoms with van der Waals surface area (Å²) < 4.78 is 83.1. The first-order valence-corrected chi connectivity index (χ1v) is 12.5. The van der Waals surface area contributed by atoms with Crippen LogP contribution in [0.3, 0.4) is 0 Å². The summed E-state index contributed by atoms with van der Waals surface area (Å²) in [5.74, 6) is -1.29. The highest BCUT2D eigenvalue weighted by Crippen LogP contribution is 2.34. The van der Waals surface area contributed by atoms with Crippen LogP contribution in [0.4, 0.5) is 38.1 Å². The number of methoxy groups -OCH3 is 2. The number of fused-ring (bicyclic) bond motifs is 1. The van der Waals surface area contributed by atoms with Gasteiger partial charge in [-0.05, 0) is 49.1 Å². The van der Waals surface area contributed by atoms with Crippen LogP contribution in [0.2, 0.25) is 0 Å². The highest BCUT2D eigenvalue weighted by Gasteiger charge is 2.38. The molecule has 4 N–H and O–H groups in total. The number of carboxylic acids is 1. The number of carboxylic acid groups (broad SMARTS) is 1. The Morgan fingerprint density at radius 3 is 2.07 bits per heavy atom. The molecule has 11 nitrogen and oxygen atoms in total. The minimum Gasteiger partial charge on any atom is -0.493 e. The molecule has 0 spiro atoms. The zero-order valence-corrected chi connectivity index (χ0v) is 22.8. The number of carbonyl (C=O) groups excluding carboxylic acids is 1. The average molecular weight is 620 g/mol. The molecule has 1 fully saturated rings. The van der Waals surface area contributed by atoms with E-state index in [-0.39, 0.29) is 23.1 Å². The highest BCUT2D eigenvalue weighted by atomic mass is 19.4. The van der Waals surface area contributed by atoms with E-state index in [0.717, 1.165) is 25.0 Å². The number of rotatable bonds is 7. The molecule has 17 heteroatoms. The molecular formula is C26H27F6N5O6. The Labute approximate surface area is 240 Å². The van der Waals surface area contributed by atoms with Crippen molar-refractivity contribution in [2.75, 3.05) is 44.5 Å². The van der Waals surface area contributed by atoms with Gasteiger partial charge in [-0.25, -0.2) is 9.78 Å². The maximum absolute atomic E-state index is 12.4. The number of nitrogens with two attached hydrogens (primary N) is 1. The molecular weight excluding hydrogens is 592 g/mol. The summed E-state index contributed by atoms with van der Waals surface area (Å²) in [6, 6.07) is 8.33. The monoisotopic (exact) mass is 619 g/mol. The van der Waals surface area contributed by atoms with Gasteiger partial charge in [0.2, 0.25) is 5.95 Å². The van der Waals surface area contributed by atoms with Crippen molar-refractivity contribution in [2.24, 2.45) is 5.92 Å². The number of halogens is 6. The number of amides is 1. The fourth-order valence-corrected chi connectivity index (χ4v) is 4.09. The largest absolute Gasteiger partial charge is 0.573 e. The van der Waals surface area contributed by atoms with Crippen molar-refractivity contribution in [3.8, 4) is 17.2 Å². The zero-order chi connectivity index (χ0) is 31.9. The van der Waals surface area contributed by atoms with E-state index in [4.69, 9.17) is 25.1 Å². The van der Waals surface area contributed by atoms with Crippen LogP contribution >= 0.6 is 0 Å². The maximum Gasteiger partial charge on any atom is 0.573 e. The number of hydrogen-bond acceptors (Lipinski definition) is 9. The molecule has 0 saturated carbocycles. The van der Waals surface area contributed by atoms with Gasteiger partial charge in [-0.3, -0.25) is 4.79 Å². The zero-order valence-electron chi connectivity index (χ0n) is 22.8. The van der Waals surface area contributed by atoms with Crippen molar-refractivity contribution in [1.82, 2.24) is 15.3 Å². The van der Waals surface area contributed by atoms with Crippen LogP contribution in [0, 0.1) is 5.92 Å². The van der Waals surface area contributed by atoms with Crippen molar-refractivity contribution in [3.05, 3.63) is 42.0 Å². The molecule has 3 aromatic rings. The number of nitrogens with one attached hydrogen (secondary N) is 1. The lowest BCUT2D eigenvalue weighted by molar-refractivity contribution is -0.274. The van der Waals surface area contributed by atoms with E-state index in [2.05, 4.69) is 20.0 Å². The fourth-order valence-electron chi connectivity index (χ4n) is 4.09. The molecule has 0 aliphatic carbocycles. The Morgan fingerprint density at radius 2 is 1.56 bits per heavy atom. The first kappa shape index (κ1) is 32.8. The first-order chi connectivity index (χ1) is 20.1. The number of carbonyl (C=O) groups is 2. The Morgan fingerprint density at radius 1 is 1.00 bits per heavy atom. The molecule has 1 saturated heterocycles. The van der Waals surface area contributed by atoms with E-state index in [0.29, 0.717) is 53.8 Å². The van der Waals surface area contributed by atoms with Gasteiger partial charge in [-0.2, -0.15) is 18.2 Å². The van der Waals surface area contributed by atoms with E-state index in [9.17, 15) is 31.1 Å². The number of nitrogens with zero attached hydrogens (tertiary/aromatic N) is 3. The van der Waals surface area contributed by atoms with Gasteiger partial charge in [0.1, 0.15) is 11.6 Å². The molecule has 1 aliphatic heterocycles. The molecule has 1 aliphatic rings. The second kappa shape index (κ2) is 13.5. The Kier molecular flexibility index (Phi) is 10.3. The second-order valence-corrected chi connectivity index (χ2v) is 9.15. The number of alkyl halides is 6. The van der Waals surface area contributed by atoms with Gasteiger partial charge in [-0.15, -0.1) is 13.2 Å². The second-order valence-electron chi connectivity index (χ2n) is 9.15. The lowest BCUT2D eigenvalue weighted by atomic mass is 9.97. The van der Waals surface area contributed by atoms with Crippen LogP contribution < -0.4 is 30.2 Å². The predicted octanol–water partition coefficient (Wildman–Crippen LogP) is 4.41. The maximum atomic E-state index is 12.4. The fraction of sp³-hybridized carbons (Fsp3) is 0.385. The molecule has 4 rings (SSSR count). The summed E-state index contributed by atoms with van der Waals surface area (Å²) >= 11 is 0. The standard InChI is InChI=1S/C24H26F3N5O4.C2HF3O2/c1-34-19-11-17-18(12-20(19)35-2)30-23(31-21(17)28)32-9-7-14(8-10-32)13-29-22(33)15-3-5-16(6-4-15)36-24(25,26)27;3-2(4,5)1(6)7/h3-6,11-12,14H,7-10,13H2,1-2H3,(H,29,33)(H2,28,30,31);(H,6,7). The van der Waals surface area contributed by atoms with Crippen molar-refractivity contribution >= 4 is 34.5 Å². The molecule has 1 aromatic heterocycles. The number of ether oxygens (including phenoxy) is 3. The van der Waals surface area contributed by atoms with E-state index in [1.807, 2.05) is 4.90 Å². The summed E-state index contributed by atoms with van der Waals surface area (Å²) in [6.45, 7) is 1.82. The molecule has 43 heavy (non-hydrogen) atoms. The number of hydrogen-bond donors (Lipinski definition) is 3. The van der Waals surface area contributed by atoms with Crippen LogP contribution in [0.15, 0.2) is 36.4 Å². The third kappa shape index (κ3) is 9.14. The summed E-state index contributed by atoms with van der Waals surface area (Å²) in [4.78, 5) is 32.5. The van der Waals surface area contributed by atoms with Gasteiger partial charge in [0.05, 0.1) is 19.7 Å². The first-order valence-electron chi connectivity index (χ1n) is 12.5. The van der Waals surface area contributed by atoms with E-state index in [1.54, 1.807) is 26.4 Å². The van der Waals surface area contributed by atoms with E-state index >= 15 is 0 Å².